The number of hydrogen-bond acceptors (Lipinski definition) is 3. The predicted molar refractivity (Wildman–Crippen MR) is 110 cm³/mol. The number of nitrogens with zero attached hydrogens (tertiary/aromatic N) is 3. The quantitative estimate of drug-likeness (QED) is 0.772. The lowest BCUT2D eigenvalue weighted by atomic mass is 9.48. The zero-order chi connectivity index (χ0) is 19.3. The number of carbonyl (C=O) groups excluding carboxylic acids is 1. The Morgan fingerprint density at radius 2 is 1.93 bits per heavy atom. The maximum atomic E-state index is 13.3. The van der Waals surface area contributed by atoms with Crippen molar-refractivity contribution in [1.29, 1.82) is 0 Å². The third-order valence-electron chi connectivity index (χ3n) is 7.59. The van der Waals surface area contributed by atoms with Gasteiger partial charge in [-0.25, -0.2) is 4.98 Å². The molecule has 1 N–H and O–H groups in total. The summed E-state index contributed by atoms with van der Waals surface area (Å²) in [4.78, 5) is 20.1. The summed E-state index contributed by atoms with van der Waals surface area (Å²) in [5, 5.41) is 3.46. The molecule has 2 aromatic heterocycles. The predicted octanol–water partition coefficient (Wildman–Crippen LogP) is 3.95. The molecule has 5 nitrogen and oxygen atoms in total. The maximum absolute atomic E-state index is 13.3. The Balaban J connectivity index is 1.45. The molecular weight excluding hydrogens is 348 g/mol. The topological polar surface area (TPSA) is 49.6 Å². The summed E-state index contributed by atoms with van der Waals surface area (Å²) in [6, 6.07) is 5.92. The van der Waals surface area contributed by atoms with Gasteiger partial charge in [-0.3, -0.25) is 14.1 Å². The molecule has 2 heterocycles. The van der Waals surface area contributed by atoms with E-state index in [1.165, 1.54) is 38.5 Å². The number of aromatic nitrogens is 2. The summed E-state index contributed by atoms with van der Waals surface area (Å²) < 4.78 is 1.89. The van der Waals surface area contributed by atoms with Crippen LogP contribution in [0.3, 0.4) is 0 Å². The van der Waals surface area contributed by atoms with Crippen molar-refractivity contribution in [2.24, 2.45) is 23.2 Å². The molecule has 4 aliphatic rings. The summed E-state index contributed by atoms with van der Waals surface area (Å²) in [6.07, 6.45) is 13.0. The molecular formula is C23H32N4O. The fraction of sp³-hybridized carbons (Fsp3) is 0.652. The third kappa shape index (κ3) is 2.95. The van der Waals surface area contributed by atoms with E-state index in [1.807, 2.05) is 28.8 Å². The normalized spacial score (nSPS) is 32.2. The highest BCUT2D eigenvalue weighted by Gasteiger charge is 2.55. The molecule has 28 heavy (non-hydrogen) atoms. The highest BCUT2D eigenvalue weighted by atomic mass is 16.2. The highest BCUT2D eigenvalue weighted by molar-refractivity contribution is 5.92. The van der Waals surface area contributed by atoms with Crippen LogP contribution >= 0.6 is 0 Å². The molecule has 1 amide bonds. The van der Waals surface area contributed by atoms with Crippen molar-refractivity contribution in [2.75, 3.05) is 13.6 Å². The minimum atomic E-state index is -0.0464. The van der Waals surface area contributed by atoms with Gasteiger partial charge in [0.05, 0.1) is 17.9 Å². The van der Waals surface area contributed by atoms with Crippen molar-refractivity contribution >= 4 is 11.4 Å². The first-order chi connectivity index (χ1) is 13.6. The van der Waals surface area contributed by atoms with Crippen molar-refractivity contribution in [3.63, 3.8) is 0 Å². The molecule has 4 aliphatic carbocycles. The van der Waals surface area contributed by atoms with Crippen LogP contribution in [0.25, 0.3) is 5.52 Å². The lowest BCUT2D eigenvalue weighted by molar-refractivity contribution is -0.103. The van der Waals surface area contributed by atoms with E-state index in [9.17, 15) is 4.79 Å². The number of hydrogen-bond donors (Lipinski definition) is 1. The fourth-order valence-corrected chi connectivity index (χ4v) is 7.03. The molecule has 2 aromatic rings. The third-order valence-corrected chi connectivity index (χ3v) is 7.59. The molecule has 1 atom stereocenters. The molecule has 5 heteroatoms. The van der Waals surface area contributed by atoms with Gasteiger partial charge in [0.25, 0.3) is 5.91 Å². The van der Waals surface area contributed by atoms with Gasteiger partial charge >= 0.3 is 0 Å². The molecule has 0 radical (unpaired) electrons. The second-order valence-corrected chi connectivity index (χ2v) is 9.71. The van der Waals surface area contributed by atoms with E-state index in [0.29, 0.717) is 5.82 Å². The van der Waals surface area contributed by atoms with E-state index >= 15 is 0 Å². The summed E-state index contributed by atoms with van der Waals surface area (Å²) in [6.45, 7) is 3.23. The van der Waals surface area contributed by atoms with Crippen LogP contribution in [-0.4, -0.2) is 39.9 Å². The number of fused-ring (bicyclic) bond motifs is 1. The monoisotopic (exact) mass is 380 g/mol. The van der Waals surface area contributed by atoms with Crippen LogP contribution in [0.4, 0.5) is 0 Å². The molecule has 1 unspecified atom stereocenters. The van der Waals surface area contributed by atoms with Gasteiger partial charge in [-0.05, 0) is 88.4 Å². The number of carbonyl (C=O) groups is 1. The largest absolute Gasteiger partial charge is 0.333 e. The lowest BCUT2D eigenvalue weighted by Gasteiger charge is -2.60. The van der Waals surface area contributed by atoms with Crippen LogP contribution < -0.4 is 5.32 Å². The second kappa shape index (κ2) is 6.87. The number of imidazole rings is 1. The van der Waals surface area contributed by atoms with Gasteiger partial charge in [-0.1, -0.05) is 13.0 Å². The standard InChI is InChI=1S/C23H32N4O/c1-3-7-26(2)22(23-12-16-9-17(13-23)11-18(10-16)14-23)25-21(28)20-24-15-19-6-4-5-8-27(19)20/h4-6,8,15-18,22H,3,7,9-14H2,1-2H3,(H,25,28). The Kier molecular flexibility index (Phi) is 4.46. The summed E-state index contributed by atoms with van der Waals surface area (Å²) in [5.41, 5.74) is 1.20. The van der Waals surface area contributed by atoms with E-state index < -0.39 is 0 Å². The second-order valence-electron chi connectivity index (χ2n) is 9.71. The Bertz CT molecular complexity index is 837. The van der Waals surface area contributed by atoms with Crippen molar-refractivity contribution in [1.82, 2.24) is 19.6 Å². The van der Waals surface area contributed by atoms with E-state index in [2.05, 4.69) is 29.2 Å². The highest BCUT2D eigenvalue weighted by Crippen LogP contribution is 2.61. The minimum absolute atomic E-state index is 0.0464. The molecule has 0 saturated heterocycles. The van der Waals surface area contributed by atoms with E-state index in [4.69, 9.17) is 0 Å². The van der Waals surface area contributed by atoms with Gasteiger partial charge in [-0.15, -0.1) is 0 Å². The van der Waals surface area contributed by atoms with Crippen LogP contribution in [0.15, 0.2) is 30.6 Å². The Morgan fingerprint density at radius 3 is 2.57 bits per heavy atom. The van der Waals surface area contributed by atoms with E-state index in [-0.39, 0.29) is 17.5 Å². The first-order valence-corrected chi connectivity index (χ1v) is 11.0. The van der Waals surface area contributed by atoms with Crippen molar-refractivity contribution in [2.45, 2.75) is 58.0 Å². The zero-order valence-electron chi connectivity index (χ0n) is 17.1. The summed E-state index contributed by atoms with van der Waals surface area (Å²) >= 11 is 0. The molecule has 6 rings (SSSR count). The van der Waals surface area contributed by atoms with Crippen molar-refractivity contribution < 1.29 is 4.79 Å². The van der Waals surface area contributed by atoms with Crippen LogP contribution in [-0.2, 0) is 0 Å². The zero-order valence-corrected chi connectivity index (χ0v) is 17.1. The number of pyridine rings is 1. The Labute approximate surface area is 167 Å². The number of nitrogens with one attached hydrogen (secondary N) is 1. The van der Waals surface area contributed by atoms with Gasteiger partial charge in [0.15, 0.2) is 0 Å². The number of amides is 1. The van der Waals surface area contributed by atoms with Crippen molar-refractivity contribution in [3.8, 4) is 0 Å². The summed E-state index contributed by atoms with van der Waals surface area (Å²) in [5.74, 6) is 3.05. The van der Waals surface area contributed by atoms with Crippen LogP contribution in [0.1, 0.15) is 62.5 Å². The Hall–Kier alpha value is -1.88. The van der Waals surface area contributed by atoms with Crippen LogP contribution in [0.2, 0.25) is 0 Å². The molecule has 0 aromatic carbocycles. The smallest absolute Gasteiger partial charge is 0.288 e. The summed E-state index contributed by atoms with van der Waals surface area (Å²) in [7, 11) is 2.19. The van der Waals surface area contributed by atoms with Crippen LogP contribution in [0.5, 0.6) is 0 Å². The van der Waals surface area contributed by atoms with E-state index in [0.717, 1.165) is 36.2 Å². The number of rotatable bonds is 6. The van der Waals surface area contributed by atoms with Crippen molar-refractivity contribution in [3.05, 3.63) is 36.4 Å². The van der Waals surface area contributed by atoms with Crippen LogP contribution in [0, 0.1) is 23.2 Å². The van der Waals surface area contributed by atoms with Gasteiger partial charge in [0, 0.05) is 11.6 Å². The average Bonchev–Trinajstić information content (AvgIpc) is 3.09. The molecule has 0 aliphatic heterocycles. The Morgan fingerprint density at radius 1 is 1.25 bits per heavy atom. The van der Waals surface area contributed by atoms with Gasteiger partial charge in [0.2, 0.25) is 5.82 Å². The first-order valence-electron chi connectivity index (χ1n) is 11.0. The maximum Gasteiger partial charge on any atom is 0.288 e. The fourth-order valence-electron chi connectivity index (χ4n) is 7.03. The molecule has 4 bridgehead atoms. The van der Waals surface area contributed by atoms with Gasteiger partial charge < -0.3 is 5.32 Å². The minimum Gasteiger partial charge on any atom is -0.333 e. The average molecular weight is 381 g/mol. The molecule has 4 saturated carbocycles. The van der Waals surface area contributed by atoms with E-state index in [1.54, 1.807) is 6.20 Å². The lowest BCUT2D eigenvalue weighted by Crippen LogP contribution is -2.62. The molecule has 150 valence electrons. The van der Waals surface area contributed by atoms with Gasteiger partial charge in [0.1, 0.15) is 0 Å². The molecule has 4 fully saturated rings. The first kappa shape index (κ1) is 18.2. The SMILES string of the molecule is CCCN(C)C(NC(=O)c1ncc2ccccn12)C12CC3CC(CC(C3)C1)C2. The molecule has 0 spiro atoms. The van der Waals surface area contributed by atoms with Gasteiger partial charge in [-0.2, -0.15) is 0 Å².